The van der Waals surface area contributed by atoms with E-state index in [1.165, 1.54) is 11.3 Å². The maximum atomic E-state index is 5.92. The molecule has 0 atom stereocenters. The van der Waals surface area contributed by atoms with Crippen molar-refractivity contribution in [2.24, 2.45) is 0 Å². The Balaban J connectivity index is 1.75. The number of benzene rings is 1. The topological polar surface area (TPSA) is 71.2 Å². The van der Waals surface area contributed by atoms with Gasteiger partial charge >= 0.3 is 0 Å². The third-order valence-corrected chi connectivity index (χ3v) is 4.69. The smallest absolute Gasteiger partial charge is 0.147 e. The van der Waals surface area contributed by atoms with E-state index >= 15 is 0 Å². The number of pyridine rings is 1. The van der Waals surface area contributed by atoms with Crippen LogP contribution in [0.1, 0.15) is 11.3 Å². The van der Waals surface area contributed by atoms with Gasteiger partial charge in [-0.25, -0.2) is 0 Å². The quantitative estimate of drug-likeness (QED) is 0.560. The largest absolute Gasteiger partial charge is 0.489 e. The third-order valence-electron chi connectivity index (χ3n) is 4.69. The normalized spacial score (nSPS) is 13.2. The van der Waals surface area contributed by atoms with Crippen molar-refractivity contribution in [3.05, 3.63) is 60.0 Å². The number of hydrogen-bond acceptors (Lipinski definition) is 5. The van der Waals surface area contributed by atoms with E-state index < -0.39 is 0 Å². The Hall–Kier alpha value is -2.83. The van der Waals surface area contributed by atoms with E-state index in [0.717, 1.165) is 47.9 Å². The molecule has 140 valence electrons. The number of aromatic amines is 1. The van der Waals surface area contributed by atoms with E-state index in [-0.39, 0.29) is 0 Å². The first kappa shape index (κ1) is 17.6. The molecule has 1 aliphatic heterocycles. The SMILES string of the molecule is COCCOc1cnccc1-c1[nH]c2c(c1Nc1ccccc1)CCNC2. The summed E-state index contributed by atoms with van der Waals surface area (Å²) >= 11 is 0. The van der Waals surface area contributed by atoms with Gasteiger partial charge in [0.2, 0.25) is 0 Å². The molecule has 3 N–H and O–H groups in total. The molecule has 2 aromatic heterocycles. The lowest BCUT2D eigenvalue weighted by Gasteiger charge is -2.16. The number of ether oxygens (including phenoxy) is 2. The number of hydrogen-bond donors (Lipinski definition) is 3. The lowest BCUT2D eigenvalue weighted by molar-refractivity contribution is 0.146. The zero-order valence-electron chi connectivity index (χ0n) is 15.4. The standard InChI is InChI=1S/C21H24N4O2/c1-26-11-12-27-19-14-23-10-8-17(19)21-20(24-15-5-3-2-4-6-15)16-7-9-22-13-18(16)25-21/h2-6,8,10,14,22,24-25H,7,9,11-13H2,1H3. The van der Waals surface area contributed by atoms with Gasteiger partial charge < -0.3 is 25.1 Å². The van der Waals surface area contributed by atoms with Gasteiger partial charge in [0.25, 0.3) is 0 Å². The summed E-state index contributed by atoms with van der Waals surface area (Å²) in [4.78, 5) is 7.84. The van der Waals surface area contributed by atoms with E-state index in [4.69, 9.17) is 9.47 Å². The zero-order valence-corrected chi connectivity index (χ0v) is 15.4. The molecule has 0 amide bonds. The van der Waals surface area contributed by atoms with Crippen LogP contribution in [-0.4, -0.2) is 36.8 Å². The molecule has 3 heterocycles. The van der Waals surface area contributed by atoms with E-state index in [2.05, 4.69) is 32.7 Å². The van der Waals surface area contributed by atoms with Gasteiger partial charge in [-0.15, -0.1) is 0 Å². The minimum Gasteiger partial charge on any atom is -0.489 e. The summed E-state index contributed by atoms with van der Waals surface area (Å²) in [6.07, 6.45) is 4.53. The van der Waals surface area contributed by atoms with Crippen LogP contribution in [0.3, 0.4) is 0 Å². The van der Waals surface area contributed by atoms with Gasteiger partial charge in [-0.05, 0) is 36.7 Å². The molecule has 0 radical (unpaired) electrons. The van der Waals surface area contributed by atoms with Crippen LogP contribution >= 0.6 is 0 Å². The molecular weight excluding hydrogens is 340 g/mol. The van der Waals surface area contributed by atoms with Crippen LogP contribution in [0.2, 0.25) is 0 Å². The second-order valence-corrected chi connectivity index (χ2v) is 6.46. The van der Waals surface area contributed by atoms with Crippen LogP contribution in [-0.2, 0) is 17.7 Å². The highest BCUT2D eigenvalue weighted by Crippen LogP contribution is 2.40. The van der Waals surface area contributed by atoms with Gasteiger partial charge in [0, 0.05) is 36.8 Å². The predicted molar refractivity (Wildman–Crippen MR) is 107 cm³/mol. The van der Waals surface area contributed by atoms with Crippen molar-refractivity contribution in [1.82, 2.24) is 15.3 Å². The molecule has 4 rings (SSSR count). The van der Waals surface area contributed by atoms with Crippen LogP contribution in [0.5, 0.6) is 5.75 Å². The molecule has 6 nitrogen and oxygen atoms in total. The van der Waals surface area contributed by atoms with Crippen molar-refractivity contribution in [2.75, 3.05) is 32.2 Å². The predicted octanol–water partition coefficient (Wildman–Crippen LogP) is 3.49. The number of H-pyrrole nitrogens is 1. The molecular formula is C21H24N4O2. The molecule has 27 heavy (non-hydrogen) atoms. The summed E-state index contributed by atoms with van der Waals surface area (Å²) in [5.41, 5.74) is 6.74. The molecule has 1 aliphatic rings. The summed E-state index contributed by atoms with van der Waals surface area (Å²) in [5, 5.41) is 7.05. The van der Waals surface area contributed by atoms with Gasteiger partial charge in [0.05, 0.1) is 24.2 Å². The Morgan fingerprint density at radius 2 is 2.04 bits per heavy atom. The fraction of sp³-hybridized carbons (Fsp3) is 0.286. The van der Waals surface area contributed by atoms with Gasteiger partial charge in [-0.3, -0.25) is 4.98 Å². The molecule has 0 aliphatic carbocycles. The Kier molecular flexibility index (Phi) is 5.37. The van der Waals surface area contributed by atoms with Crippen LogP contribution < -0.4 is 15.4 Å². The van der Waals surface area contributed by atoms with Gasteiger partial charge in [0.15, 0.2) is 0 Å². The second kappa shape index (κ2) is 8.24. The number of methoxy groups -OCH3 is 1. The van der Waals surface area contributed by atoms with Crippen LogP contribution in [0.15, 0.2) is 48.8 Å². The molecule has 0 saturated carbocycles. The number of fused-ring (bicyclic) bond motifs is 1. The third kappa shape index (κ3) is 3.82. The highest BCUT2D eigenvalue weighted by Gasteiger charge is 2.23. The highest BCUT2D eigenvalue weighted by atomic mass is 16.5. The molecule has 0 spiro atoms. The number of nitrogens with one attached hydrogen (secondary N) is 3. The highest BCUT2D eigenvalue weighted by molar-refractivity contribution is 5.85. The second-order valence-electron chi connectivity index (χ2n) is 6.46. The molecule has 0 bridgehead atoms. The van der Waals surface area contributed by atoms with E-state index in [1.807, 2.05) is 24.3 Å². The lowest BCUT2D eigenvalue weighted by atomic mass is 10.0. The number of anilines is 2. The number of nitrogens with zero attached hydrogens (tertiary/aromatic N) is 1. The maximum Gasteiger partial charge on any atom is 0.147 e. The van der Waals surface area contributed by atoms with E-state index in [1.54, 1.807) is 19.5 Å². The Labute approximate surface area is 158 Å². The minimum absolute atomic E-state index is 0.485. The van der Waals surface area contributed by atoms with E-state index in [9.17, 15) is 0 Å². The lowest BCUT2D eigenvalue weighted by Crippen LogP contribution is -2.23. The zero-order chi connectivity index (χ0) is 18.5. The first-order valence-electron chi connectivity index (χ1n) is 9.19. The maximum absolute atomic E-state index is 5.92. The fourth-order valence-electron chi connectivity index (χ4n) is 3.39. The Morgan fingerprint density at radius 1 is 1.15 bits per heavy atom. The van der Waals surface area contributed by atoms with Gasteiger partial charge in [-0.2, -0.15) is 0 Å². The fourth-order valence-corrected chi connectivity index (χ4v) is 3.39. The Bertz CT molecular complexity index is 892. The summed E-state index contributed by atoms with van der Waals surface area (Å²) in [6.45, 7) is 2.83. The molecule has 6 heteroatoms. The molecule has 0 fully saturated rings. The summed E-state index contributed by atoms with van der Waals surface area (Å²) in [7, 11) is 1.67. The molecule has 0 unspecified atom stereocenters. The first-order valence-corrected chi connectivity index (χ1v) is 9.19. The monoisotopic (exact) mass is 364 g/mol. The summed E-state index contributed by atoms with van der Waals surface area (Å²) in [6, 6.07) is 12.2. The molecule has 1 aromatic carbocycles. The van der Waals surface area contributed by atoms with Crippen molar-refractivity contribution in [3.8, 4) is 17.0 Å². The van der Waals surface area contributed by atoms with E-state index in [0.29, 0.717) is 13.2 Å². The average Bonchev–Trinajstić information content (AvgIpc) is 3.08. The first-order chi connectivity index (χ1) is 13.4. The Morgan fingerprint density at radius 3 is 2.89 bits per heavy atom. The summed E-state index contributed by atoms with van der Waals surface area (Å²) in [5.74, 6) is 0.747. The molecule has 0 saturated heterocycles. The van der Waals surface area contributed by atoms with Crippen molar-refractivity contribution >= 4 is 11.4 Å². The van der Waals surface area contributed by atoms with Gasteiger partial charge in [-0.1, -0.05) is 18.2 Å². The number of para-hydroxylation sites is 1. The van der Waals surface area contributed by atoms with Crippen molar-refractivity contribution < 1.29 is 9.47 Å². The van der Waals surface area contributed by atoms with Crippen molar-refractivity contribution in [2.45, 2.75) is 13.0 Å². The van der Waals surface area contributed by atoms with Crippen molar-refractivity contribution in [1.29, 1.82) is 0 Å². The number of rotatable bonds is 7. The van der Waals surface area contributed by atoms with Crippen molar-refractivity contribution in [3.63, 3.8) is 0 Å². The van der Waals surface area contributed by atoms with Crippen LogP contribution in [0.25, 0.3) is 11.3 Å². The summed E-state index contributed by atoms with van der Waals surface area (Å²) < 4.78 is 11.0. The number of aromatic nitrogens is 2. The van der Waals surface area contributed by atoms with Gasteiger partial charge in [0.1, 0.15) is 12.4 Å². The average molecular weight is 364 g/mol. The minimum atomic E-state index is 0.485. The van der Waals surface area contributed by atoms with Crippen LogP contribution in [0.4, 0.5) is 11.4 Å². The molecule has 3 aromatic rings. The van der Waals surface area contributed by atoms with Crippen LogP contribution in [0, 0.1) is 0 Å².